The van der Waals surface area contributed by atoms with Gasteiger partial charge in [-0.05, 0) is 37.3 Å². The number of carbonyl (C=O) groups excluding carboxylic acids is 1. The SMILES string of the molecule is O=C(Cc1cccnc1)N1CCC[C@H]1c1noc(C2CC2)n1. The Morgan fingerprint density at radius 3 is 3.05 bits per heavy atom. The maximum absolute atomic E-state index is 12.6. The first-order valence-electron chi connectivity index (χ1n) is 7.83. The van der Waals surface area contributed by atoms with Crippen molar-refractivity contribution < 1.29 is 9.32 Å². The quantitative estimate of drug-likeness (QED) is 0.865. The number of aromatic nitrogens is 3. The molecule has 114 valence electrons. The molecule has 6 heteroatoms. The normalized spacial score (nSPS) is 21.3. The third-order valence-corrected chi connectivity index (χ3v) is 4.33. The first-order chi connectivity index (χ1) is 10.8. The summed E-state index contributed by atoms with van der Waals surface area (Å²) in [4.78, 5) is 23.0. The van der Waals surface area contributed by atoms with E-state index < -0.39 is 0 Å². The highest BCUT2D eigenvalue weighted by molar-refractivity contribution is 5.79. The van der Waals surface area contributed by atoms with Crippen molar-refractivity contribution in [3.8, 4) is 0 Å². The van der Waals surface area contributed by atoms with Crippen LogP contribution in [0.3, 0.4) is 0 Å². The van der Waals surface area contributed by atoms with Gasteiger partial charge in [0.15, 0.2) is 5.82 Å². The average Bonchev–Trinajstić information content (AvgIpc) is 3.08. The molecule has 0 bridgehead atoms. The fraction of sp³-hybridized carbons (Fsp3) is 0.500. The summed E-state index contributed by atoms with van der Waals surface area (Å²) in [6, 6.07) is 3.74. The minimum atomic E-state index is -0.0413. The van der Waals surface area contributed by atoms with Crippen LogP contribution in [0.2, 0.25) is 0 Å². The van der Waals surface area contributed by atoms with Gasteiger partial charge in [-0.3, -0.25) is 9.78 Å². The Kier molecular flexibility index (Phi) is 3.36. The molecule has 2 aromatic rings. The molecule has 22 heavy (non-hydrogen) atoms. The summed E-state index contributed by atoms with van der Waals surface area (Å²) in [6.07, 6.45) is 7.98. The van der Waals surface area contributed by atoms with Gasteiger partial charge in [0.05, 0.1) is 12.5 Å². The Bertz CT molecular complexity index is 666. The van der Waals surface area contributed by atoms with Crippen LogP contribution in [0.1, 0.15) is 54.9 Å². The predicted molar refractivity (Wildman–Crippen MR) is 77.9 cm³/mol. The third-order valence-electron chi connectivity index (χ3n) is 4.33. The number of amides is 1. The molecule has 0 spiro atoms. The highest BCUT2D eigenvalue weighted by Crippen LogP contribution is 2.40. The van der Waals surface area contributed by atoms with Gasteiger partial charge in [-0.2, -0.15) is 4.98 Å². The van der Waals surface area contributed by atoms with Crippen molar-refractivity contribution in [1.29, 1.82) is 0 Å². The monoisotopic (exact) mass is 298 g/mol. The van der Waals surface area contributed by atoms with Gasteiger partial charge in [0.2, 0.25) is 11.8 Å². The Morgan fingerprint density at radius 2 is 2.27 bits per heavy atom. The summed E-state index contributed by atoms with van der Waals surface area (Å²) in [7, 11) is 0. The van der Waals surface area contributed by atoms with Gasteiger partial charge >= 0.3 is 0 Å². The number of nitrogens with zero attached hydrogens (tertiary/aromatic N) is 4. The molecule has 0 aromatic carbocycles. The smallest absolute Gasteiger partial charge is 0.229 e. The summed E-state index contributed by atoms with van der Waals surface area (Å²) < 4.78 is 5.34. The van der Waals surface area contributed by atoms with Gasteiger partial charge in [-0.25, -0.2) is 0 Å². The van der Waals surface area contributed by atoms with Crippen molar-refractivity contribution in [3.63, 3.8) is 0 Å². The summed E-state index contributed by atoms with van der Waals surface area (Å²) in [5.41, 5.74) is 0.935. The van der Waals surface area contributed by atoms with E-state index in [1.54, 1.807) is 12.4 Å². The van der Waals surface area contributed by atoms with Crippen molar-refractivity contribution in [3.05, 3.63) is 41.8 Å². The molecule has 3 heterocycles. The molecular formula is C16H18N4O2. The highest BCUT2D eigenvalue weighted by atomic mass is 16.5. The molecule has 2 aliphatic rings. The van der Waals surface area contributed by atoms with Crippen LogP contribution in [0.15, 0.2) is 29.0 Å². The van der Waals surface area contributed by atoms with E-state index in [1.165, 1.54) is 0 Å². The topological polar surface area (TPSA) is 72.1 Å². The molecule has 1 aliphatic heterocycles. The number of hydrogen-bond donors (Lipinski definition) is 0. The van der Waals surface area contributed by atoms with E-state index in [0.29, 0.717) is 18.2 Å². The van der Waals surface area contributed by atoms with Crippen molar-refractivity contribution in [2.45, 2.75) is 44.1 Å². The van der Waals surface area contributed by atoms with Crippen LogP contribution in [0, 0.1) is 0 Å². The Labute approximate surface area is 128 Å². The summed E-state index contributed by atoms with van der Waals surface area (Å²) in [6.45, 7) is 0.761. The van der Waals surface area contributed by atoms with E-state index in [0.717, 1.165) is 43.7 Å². The second kappa shape index (κ2) is 5.51. The van der Waals surface area contributed by atoms with Gasteiger partial charge in [0.1, 0.15) is 0 Å². The maximum atomic E-state index is 12.6. The molecule has 1 atom stereocenters. The summed E-state index contributed by atoms with van der Waals surface area (Å²) >= 11 is 0. The average molecular weight is 298 g/mol. The first-order valence-corrected chi connectivity index (χ1v) is 7.83. The van der Waals surface area contributed by atoms with Crippen molar-refractivity contribution >= 4 is 5.91 Å². The lowest BCUT2D eigenvalue weighted by Gasteiger charge is -2.22. The van der Waals surface area contributed by atoms with Crippen molar-refractivity contribution in [2.24, 2.45) is 0 Å². The summed E-state index contributed by atoms with van der Waals surface area (Å²) in [5, 5.41) is 4.11. The predicted octanol–water partition coefficient (Wildman–Crippen LogP) is 2.25. The molecule has 0 radical (unpaired) electrons. The Hall–Kier alpha value is -2.24. The van der Waals surface area contributed by atoms with Crippen LogP contribution < -0.4 is 0 Å². The zero-order chi connectivity index (χ0) is 14.9. The van der Waals surface area contributed by atoms with E-state index in [1.807, 2.05) is 17.0 Å². The molecule has 2 aromatic heterocycles. The van der Waals surface area contributed by atoms with Gasteiger partial charge in [-0.1, -0.05) is 11.2 Å². The van der Waals surface area contributed by atoms with Crippen LogP contribution in [-0.4, -0.2) is 32.5 Å². The molecule has 6 nitrogen and oxygen atoms in total. The summed E-state index contributed by atoms with van der Waals surface area (Å²) in [5.74, 6) is 1.95. The molecule has 1 saturated carbocycles. The van der Waals surface area contributed by atoms with E-state index >= 15 is 0 Å². The molecule has 0 unspecified atom stereocenters. The van der Waals surface area contributed by atoms with Crippen LogP contribution in [0.25, 0.3) is 0 Å². The molecule has 4 rings (SSSR count). The molecule has 2 fully saturated rings. The zero-order valence-electron chi connectivity index (χ0n) is 12.3. The molecule has 1 amide bonds. The molecular weight excluding hydrogens is 280 g/mol. The minimum Gasteiger partial charge on any atom is -0.339 e. The number of pyridine rings is 1. The van der Waals surface area contributed by atoms with E-state index in [4.69, 9.17) is 4.52 Å². The first kappa shape index (κ1) is 13.4. The number of carbonyl (C=O) groups is 1. The maximum Gasteiger partial charge on any atom is 0.229 e. The lowest BCUT2D eigenvalue weighted by molar-refractivity contribution is -0.131. The van der Waals surface area contributed by atoms with Gasteiger partial charge in [0, 0.05) is 24.9 Å². The van der Waals surface area contributed by atoms with Gasteiger partial charge < -0.3 is 9.42 Å². The number of rotatable bonds is 4. The second-order valence-corrected chi connectivity index (χ2v) is 6.05. The van der Waals surface area contributed by atoms with E-state index in [-0.39, 0.29) is 11.9 Å². The van der Waals surface area contributed by atoms with Crippen molar-refractivity contribution in [1.82, 2.24) is 20.0 Å². The van der Waals surface area contributed by atoms with Crippen LogP contribution in [0.5, 0.6) is 0 Å². The lowest BCUT2D eigenvalue weighted by Crippen LogP contribution is -2.32. The standard InChI is InChI=1S/C16H18N4O2/c21-14(9-11-3-1-7-17-10-11)20-8-2-4-13(20)15-18-16(22-19-15)12-5-6-12/h1,3,7,10,12-13H,2,4-6,8-9H2/t13-/m0/s1. The third kappa shape index (κ3) is 2.61. The van der Waals surface area contributed by atoms with Crippen LogP contribution >= 0.6 is 0 Å². The molecule has 1 aliphatic carbocycles. The minimum absolute atomic E-state index is 0.0413. The molecule has 0 N–H and O–H groups in total. The van der Waals surface area contributed by atoms with Crippen molar-refractivity contribution in [2.75, 3.05) is 6.54 Å². The molecule has 1 saturated heterocycles. The van der Waals surface area contributed by atoms with Gasteiger partial charge in [-0.15, -0.1) is 0 Å². The fourth-order valence-corrected chi connectivity index (χ4v) is 2.99. The van der Waals surface area contributed by atoms with E-state index in [9.17, 15) is 4.79 Å². The highest BCUT2D eigenvalue weighted by Gasteiger charge is 2.35. The van der Waals surface area contributed by atoms with Gasteiger partial charge in [0.25, 0.3) is 0 Å². The van der Waals surface area contributed by atoms with Crippen LogP contribution in [-0.2, 0) is 11.2 Å². The van der Waals surface area contributed by atoms with E-state index in [2.05, 4.69) is 15.1 Å². The Morgan fingerprint density at radius 1 is 1.36 bits per heavy atom. The lowest BCUT2D eigenvalue weighted by atomic mass is 10.1. The number of likely N-dealkylation sites (tertiary alicyclic amines) is 1. The second-order valence-electron chi connectivity index (χ2n) is 6.05. The number of hydrogen-bond acceptors (Lipinski definition) is 5. The van der Waals surface area contributed by atoms with Crippen LogP contribution in [0.4, 0.5) is 0 Å². The zero-order valence-corrected chi connectivity index (χ0v) is 12.3. The largest absolute Gasteiger partial charge is 0.339 e. The fourth-order valence-electron chi connectivity index (χ4n) is 2.99. The Balaban J connectivity index is 1.48.